The molecule has 8 heteroatoms. The Morgan fingerprint density at radius 1 is 1.29 bits per heavy atom. The molecule has 0 fully saturated rings. The van der Waals surface area contributed by atoms with Crippen molar-refractivity contribution in [2.24, 2.45) is 0 Å². The number of carbonyl (C=O) groups excluding carboxylic acids is 1. The van der Waals surface area contributed by atoms with Gasteiger partial charge in [0.1, 0.15) is 5.75 Å². The molecule has 2 N–H and O–H groups in total. The molecule has 0 bridgehead atoms. The van der Waals surface area contributed by atoms with Crippen LogP contribution in [0.5, 0.6) is 5.75 Å². The molecule has 0 heterocycles. The average molecular weight is 350 g/mol. The number of nitrogens with zero attached hydrogens (tertiary/aromatic N) is 1. The smallest absolute Gasteiger partial charge is 0.271 e. The van der Waals surface area contributed by atoms with Crippen molar-refractivity contribution in [1.82, 2.24) is 0 Å². The van der Waals surface area contributed by atoms with Crippen molar-refractivity contribution in [1.29, 1.82) is 0 Å². The van der Waals surface area contributed by atoms with Gasteiger partial charge >= 0.3 is 0 Å². The summed E-state index contributed by atoms with van der Waals surface area (Å²) in [5.74, 6) is 0.212. The number of rotatable bonds is 6. The third-order valence-corrected chi connectivity index (χ3v) is 3.61. The minimum absolute atomic E-state index is 0.00914. The van der Waals surface area contributed by atoms with Crippen LogP contribution in [0.2, 0.25) is 5.02 Å². The van der Waals surface area contributed by atoms with E-state index < -0.39 is 4.92 Å². The van der Waals surface area contributed by atoms with Crippen molar-refractivity contribution in [3.05, 3.63) is 57.1 Å². The Morgan fingerprint density at radius 3 is 2.67 bits per heavy atom. The van der Waals surface area contributed by atoms with Gasteiger partial charge in [0.2, 0.25) is 5.91 Å². The maximum Gasteiger partial charge on any atom is 0.271 e. The first-order valence-corrected chi connectivity index (χ1v) is 7.41. The summed E-state index contributed by atoms with van der Waals surface area (Å²) >= 11 is 6.01. The Hall–Kier alpha value is -2.80. The third-order valence-electron chi connectivity index (χ3n) is 3.31. The van der Waals surface area contributed by atoms with Crippen molar-refractivity contribution in [2.75, 3.05) is 24.3 Å². The van der Waals surface area contributed by atoms with Gasteiger partial charge in [-0.3, -0.25) is 14.9 Å². The summed E-state index contributed by atoms with van der Waals surface area (Å²) in [4.78, 5) is 22.3. The molecule has 0 saturated carbocycles. The molecule has 24 heavy (non-hydrogen) atoms. The zero-order valence-electron chi connectivity index (χ0n) is 13.1. The van der Waals surface area contributed by atoms with Gasteiger partial charge in [-0.1, -0.05) is 17.7 Å². The van der Waals surface area contributed by atoms with Gasteiger partial charge in [-0.15, -0.1) is 0 Å². The molecule has 0 aromatic heterocycles. The zero-order valence-corrected chi connectivity index (χ0v) is 13.9. The van der Waals surface area contributed by atoms with Crippen LogP contribution in [0.15, 0.2) is 36.4 Å². The number of hydrogen-bond acceptors (Lipinski definition) is 5. The number of anilines is 2. The first-order valence-electron chi connectivity index (χ1n) is 7.03. The molecule has 0 radical (unpaired) electrons. The number of halogens is 1. The highest BCUT2D eigenvalue weighted by Crippen LogP contribution is 2.27. The Bertz CT molecular complexity index is 780. The Kier molecular flexibility index (Phi) is 5.59. The van der Waals surface area contributed by atoms with Crippen molar-refractivity contribution in [2.45, 2.75) is 6.92 Å². The molecule has 0 saturated heterocycles. The highest BCUT2D eigenvalue weighted by molar-refractivity contribution is 6.32. The van der Waals surface area contributed by atoms with E-state index in [9.17, 15) is 14.9 Å². The van der Waals surface area contributed by atoms with E-state index in [1.54, 1.807) is 31.2 Å². The van der Waals surface area contributed by atoms with Crippen LogP contribution in [0, 0.1) is 17.0 Å². The predicted octanol–water partition coefficient (Wildman–Crippen LogP) is 3.62. The van der Waals surface area contributed by atoms with E-state index in [1.165, 1.54) is 19.2 Å². The Morgan fingerprint density at radius 2 is 2.04 bits per heavy atom. The minimum Gasteiger partial charge on any atom is -0.495 e. The van der Waals surface area contributed by atoms with Crippen LogP contribution >= 0.6 is 11.6 Å². The van der Waals surface area contributed by atoms with Crippen LogP contribution in [0.4, 0.5) is 17.1 Å². The fourth-order valence-electron chi connectivity index (χ4n) is 2.01. The van der Waals surface area contributed by atoms with E-state index >= 15 is 0 Å². The van der Waals surface area contributed by atoms with Crippen LogP contribution in [0.3, 0.4) is 0 Å². The number of non-ortho nitro benzene ring substituents is 1. The molecule has 7 nitrogen and oxygen atoms in total. The zero-order chi connectivity index (χ0) is 17.7. The van der Waals surface area contributed by atoms with E-state index in [4.69, 9.17) is 16.3 Å². The summed E-state index contributed by atoms with van der Waals surface area (Å²) in [6.07, 6.45) is 0. The average Bonchev–Trinajstić information content (AvgIpc) is 2.55. The summed E-state index contributed by atoms with van der Waals surface area (Å²) in [6.45, 7) is 1.75. The summed E-state index contributed by atoms with van der Waals surface area (Å²) in [7, 11) is 1.52. The quantitative estimate of drug-likeness (QED) is 0.613. The predicted molar refractivity (Wildman–Crippen MR) is 93.0 cm³/mol. The van der Waals surface area contributed by atoms with Gasteiger partial charge in [-0.05, 0) is 30.7 Å². The van der Waals surface area contributed by atoms with Gasteiger partial charge in [0.05, 0.1) is 29.3 Å². The van der Waals surface area contributed by atoms with Crippen LogP contribution in [-0.4, -0.2) is 24.5 Å². The molecular formula is C16H16ClN3O4. The van der Waals surface area contributed by atoms with Gasteiger partial charge in [-0.25, -0.2) is 0 Å². The molecule has 0 unspecified atom stereocenters. The van der Waals surface area contributed by atoms with Crippen molar-refractivity contribution < 1.29 is 14.5 Å². The normalized spacial score (nSPS) is 10.1. The van der Waals surface area contributed by atoms with E-state index in [0.717, 1.165) is 5.56 Å². The molecular weight excluding hydrogens is 334 g/mol. The monoisotopic (exact) mass is 349 g/mol. The van der Waals surface area contributed by atoms with Crippen molar-refractivity contribution in [3.63, 3.8) is 0 Å². The molecule has 2 aromatic rings. The summed E-state index contributed by atoms with van der Waals surface area (Å²) < 4.78 is 5.05. The number of hydrogen-bond donors (Lipinski definition) is 2. The van der Waals surface area contributed by atoms with E-state index in [2.05, 4.69) is 10.6 Å². The Labute approximate surface area is 143 Å². The Balaban J connectivity index is 2.00. The lowest BCUT2D eigenvalue weighted by Gasteiger charge is -2.11. The highest BCUT2D eigenvalue weighted by Gasteiger charge is 2.11. The molecule has 0 aliphatic rings. The number of methoxy groups -OCH3 is 1. The lowest BCUT2D eigenvalue weighted by Crippen LogP contribution is -2.22. The van der Waals surface area contributed by atoms with Crippen LogP contribution < -0.4 is 15.4 Å². The summed E-state index contributed by atoms with van der Waals surface area (Å²) in [5.41, 5.74) is 1.72. The molecule has 2 rings (SSSR count). The largest absolute Gasteiger partial charge is 0.495 e. The number of aryl methyl sites for hydroxylation is 1. The summed E-state index contributed by atoms with van der Waals surface area (Å²) in [6, 6.07) is 9.38. The number of amides is 1. The number of benzene rings is 2. The van der Waals surface area contributed by atoms with Crippen LogP contribution in [0.25, 0.3) is 0 Å². The lowest BCUT2D eigenvalue weighted by atomic mass is 10.2. The maximum absolute atomic E-state index is 12.0. The minimum atomic E-state index is -0.507. The second-order valence-corrected chi connectivity index (χ2v) is 5.41. The topological polar surface area (TPSA) is 93.5 Å². The highest BCUT2D eigenvalue weighted by atomic mass is 35.5. The lowest BCUT2D eigenvalue weighted by molar-refractivity contribution is -0.384. The second kappa shape index (κ2) is 7.65. The number of carbonyl (C=O) groups is 1. The van der Waals surface area contributed by atoms with Gasteiger partial charge < -0.3 is 15.4 Å². The van der Waals surface area contributed by atoms with Crippen molar-refractivity contribution >= 4 is 34.6 Å². The SMILES string of the molecule is COc1ccc(NCC(=O)Nc2cc([N+](=O)[O-])ccc2C)cc1Cl. The van der Waals surface area contributed by atoms with Gasteiger partial charge in [0.25, 0.3) is 5.69 Å². The van der Waals surface area contributed by atoms with Crippen molar-refractivity contribution in [3.8, 4) is 5.75 Å². The molecule has 2 aromatic carbocycles. The number of nitro benzene ring substituents is 1. The fourth-order valence-corrected chi connectivity index (χ4v) is 2.27. The second-order valence-electron chi connectivity index (χ2n) is 5.01. The fraction of sp³-hybridized carbons (Fsp3) is 0.188. The van der Waals surface area contributed by atoms with Gasteiger partial charge in [-0.2, -0.15) is 0 Å². The van der Waals surface area contributed by atoms with E-state index in [-0.39, 0.29) is 18.1 Å². The molecule has 0 atom stereocenters. The van der Waals surface area contributed by atoms with Crippen LogP contribution in [0.1, 0.15) is 5.56 Å². The number of nitro groups is 1. The number of ether oxygens (including phenoxy) is 1. The van der Waals surface area contributed by atoms with Gasteiger partial charge in [0, 0.05) is 17.8 Å². The molecule has 0 spiro atoms. The molecule has 0 aliphatic heterocycles. The molecule has 126 valence electrons. The number of nitrogens with one attached hydrogen (secondary N) is 2. The van der Waals surface area contributed by atoms with Gasteiger partial charge in [0.15, 0.2) is 0 Å². The van der Waals surface area contributed by atoms with Crippen LogP contribution in [-0.2, 0) is 4.79 Å². The molecule has 1 amide bonds. The maximum atomic E-state index is 12.0. The first kappa shape index (κ1) is 17.6. The molecule has 0 aliphatic carbocycles. The summed E-state index contributed by atoms with van der Waals surface area (Å²) in [5, 5.41) is 16.8. The van der Waals surface area contributed by atoms with E-state index in [0.29, 0.717) is 22.1 Å². The third kappa shape index (κ3) is 4.36. The standard InChI is InChI=1S/C16H16ClN3O4/c1-10-3-5-12(20(22)23)8-14(10)19-16(21)9-18-11-4-6-15(24-2)13(17)7-11/h3-8,18H,9H2,1-2H3,(H,19,21). The first-order chi connectivity index (χ1) is 11.4. The van der Waals surface area contributed by atoms with E-state index in [1.807, 2.05) is 0 Å².